The van der Waals surface area contributed by atoms with E-state index < -0.39 is 0 Å². The summed E-state index contributed by atoms with van der Waals surface area (Å²) >= 11 is 0. The lowest BCUT2D eigenvalue weighted by atomic mass is 9.84. The van der Waals surface area contributed by atoms with E-state index in [2.05, 4.69) is 41.3 Å². The van der Waals surface area contributed by atoms with Crippen LogP contribution >= 0.6 is 24.0 Å². The molecule has 6 nitrogen and oxygen atoms in total. The predicted octanol–water partition coefficient (Wildman–Crippen LogP) is 2.31. The summed E-state index contributed by atoms with van der Waals surface area (Å²) in [6, 6.07) is 0.530. The number of aliphatic hydroxyl groups is 1. The van der Waals surface area contributed by atoms with Crippen LogP contribution in [0.2, 0.25) is 0 Å². The molecule has 0 aromatic heterocycles. The van der Waals surface area contributed by atoms with Gasteiger partial charge in [0.15, 0.2) is 5.96 Å². The van der Waals surface area contributed by atoms with Crippen molar-refractivity contribution in [3.8, 4) is 0 Å². The molecule has 2 aliphatic heterocycles. The number of hydrogen-bond acceptors (Lipinski definition) is 4. The molecular weight excluding hydrogens is 455 g/mol. The predicted molar refractivity (Wildman–Crippen MR) is 123 cm³/mol. The van der Waals surface area contributed by atoms with E-state index in [-0.39, 0.29) is 36.0 Å². The van der Waals surface area contributed by atoms with Crippen LogP contribution < -0.4 is 10.6 Å². The molecule has 2 aliphatic rings. The number of piperidine rings is 1. The summed E-state index contributed by atoms with van der Waals surface area (Å²) in [6.45, 7) is 12.8. The van der Waals surface area contributed by atoms with Crippen LogP contribution in [0.3, 0.4) is 0 Å². The Morgan fingerprint density at radius 3 is 2.52 bits per heavy atom. The first-order valence-electron chi connectivity index (χ1n) is 10.4. The molecule has 0 aromatic carbocycles. The van der Waals surface area contributed by atoms with Gasteiger partial charge in [0, 0.05) is 44.8 Å². The van der Waals surface area contributed by atoms with E-state index in [0.717, 1.165) is 51.0 Å². The van der Waals surface area contributed by atoms with Gasteiger partial charge in [0.05, 0.1) is 6.61 Å². The number of hydrogen-bond donors (Lipinski definition) is 3. The molecule has 0 saturated carbocycles. The van der Waals surface area contributed by atoms with Crippen molar-refractivity contribution in [1.82, 2.24) is 15.5 Å². The summed E-state index contributed by atoms with van der Waals surface area (Å²) in [7, 11) is 1.83. The molecule has 2 atom stereocenters. The summed E-state index contributed by atoms with van der Waals surface area (Å²) < 4.78 is 5.58. The smallest absolute Gasteiger partial charge is 0.191 e. The average Bonchev–Trinajstić information content (AvgIpc) is 3.08. The standard InChI is InChI=1S/C20H40N4O2.HI/c1-16(2)18(24-9-5-17(3)6-10-24)13-22-19(21-4)23-14-20(7-11-25)8-12-26-15-20;/h16-18,25H,5-15H2,1-4H3,(H2,21,22,23);1H. The van der Waals surface area contributed by atoms with E-state index in [0.29, 0.717) is 12.0 Å². The topological polar surface area (TPSA) is 69.1 Å². The van der Waals surface area contributed by atoms with E-state index in [4.69, 9.17) is 4.74 Å². The third kappa shape index (κ3) is 7.66. The van der Waals surface area contributed by atoms with Crippen molar-refractivity contribution in [2.24, 2.45) is 22.2 Å². The fourth-order valence-electron chi connectivity index (χ4n) is 4.15. The molecule has 2 rings (SSSR count). The van der Waals surface area contributed by atoms with Crippen molar-refractivity contribution < 1.29 is 9.84 Å². The number of aliphatic hydroxyl groups excluding tert-OH is 1. The Labute approximate surface area is 182 Å². The monoisotopic (exact) mass is 496 g/mol. The lowest BCUT2D eigenvalue weighted by molar-refractivity contribution is 0.109. The van der Waals surface area contributed by atoms with Crippen LogP contribution in [0.25, 0.3) is 0 Å². The van der Waals surface area contributed by atoms with Gasteiger partial charge in [-0.3, -0.25) is 9.89 Å². The van der Waals surface area contributed by atoms with Crippen LogP contribution in [0, 0.1) is 17.3 Å². The first-order chi connectivity index (χ1) is 12.5. The number of aliphatic imine (C=N–C) groups is 1. The van der Waals surface area contributed by atoms with Crippen LogP contribution in [0.5, 0.6) is 0 Å². The molecule has 0 amide bonds. The molecule has 2 heterocycles. The molecule has 160 valence electrons. The van der Waals surface area contributed by atoms with Gasteiger partial charge < -0.3 is 20.5 Å². The summed E-state index contributed by atoms with van der Waals surface area (Å²) in [5, 5.41) is 16.4. The molecule has 0 spiro atoms. The number of nitrogens with one attached hydrogen (secondary N) is 2. The quantitative estimate of drug-likeness (QED) is 0.274. The minimum atomic E-state index is 0. The van der Waals surface area contributed by atoms with Crippen molar-refractivity contribution in [1.29, 1.82) is 0 Å². The van der Waals surface area contributed by atoms with E-state index in [1.165, 1.54) is 25.9 Å². The van der Waals surface area contributed by atoms with Gasteiger partial charge in [0.25, 0.3) is 0 Å². The second-order valence-corrected chi connectivity index (χ2v) is 8.61. The summed E-state index contributed by atoms with van der Waals surface area (Å²) in [5.41, 5.74) is 0.0346. The van der Waals surface area contributed by atoms with E-state index in [9.17, 15) is 5.11 Å². The normalized spacial score (nSPS) is 26.1. The maximum Gasteiger partial charge on any atom is 0.191 e. The number of nitrogens with zero attached hydrogens (tertiary/aromatic N) is 2. The van der Waals surface area contributed by atoms with Crippen LogP contribution in [-0.2, 0) is 4.74 Å². The zero-order chi connectivity index (χ0) is 19.0. The van der Waals surface area contributed by atoms with Gasteiger partial charge >= 0.3 is 0 Å². The Bertz CT molecular complexity index is 434. The first-order valence-corrected chi connectivity index (χ1v) is 10.4. The summed E-state index contributed by atoms with van der Waals surface area (Å²) in [4.78, 5) is 7.04. The Morgan fingerprint density at radius 1 is 1.30 bits per heavy atom. The summed E-state index contributed by atoms with van der Waals surface area (Å²) in [5.74, 6) is 2.32. The molecule has 2 fully saturated rings. The SMILES string of the molecule is CN=C(NCC(C(C)C)N1CCC(C)CC1)NCC1(CCO)CCOC1.I. The Balaban J connectivity index is 0.00000364. The van der Waals surface area contributed by atoms with Crippen molar-refractivity contribution >= 4 is 29.9 Å². The maximum absolute atomic E-state index is 9.38. The highest BCUT2D eigenvalue weighted by Crippen LogP contribution is 2.31. The minimum absolute atomic E-state index is 0. The molecule has 2 unspecified atom stereocenters. The second-order valence-electron chi connectivity index (χ2n) is 8.61. The van der Waals surface area contributed by atoms with E-state index in [1.807, 2.05) is 7.05 Å². The van der Waals surface area contributed by atoms with Gasteiger partial charge in [-0.2, -0.15) is 0 Å². The molecular formula is C20H41IN4O2. The third-order valence-corrected chi connectivity index (χ3v) is 6.22. The zero-order valence-electron chi connectivity index (χ0n) is 17.7. The van der Waals surface area contributed by atoms with Gasteiger partial charge in [-0.05, 0) is 50.6 Å². The van der Waals surface area contributed by atoms with Gasteiger partial charge in [-0.1, -0.05) is 20.8 Å². The van der Waals surface area contributed by atoms with Gasteiger partial charge in [-0.25, -0.2) is 0 Å². The number of ether oxygens (including phenoxy) is 1. The molecule has 0 radical (unpaired) electrons. The highest BCUT2D eigenvalue weighted by molar-refractivity contribution is 14.0. The van der Waals surface area contributed by atoms with Crippen LogP contribution in [-0.4, -0.2) is 75.1 Å². The average molecular weight is 496 g/mol. The fourth-order valence-corrected chi connectivity index (χ4v) is 4.15. The molecule has 2 saturated heterocycles. The van der Waals surface area contributed by atoms with Gasteiger partial charge in [0.2, 0.25) is 0 Å². The van der Waals surface area contributed by atoms with Crippen molar-refractivity contribution in [2.75, 3.05) is 53.0 Å². The van der Waals surface area contributed by atoms with Gasteiger partial charge in [-0.15, -0.1) is 24.0 Å². The number of guanidine groups is 1. The zero-order valence-corrected chi connectivity index (χ0v) is 20.0. The van der Waals surface area contributed by atoms with Crippen LogP contribution in [0.1, 0.15) is 46.5 Å². The molecule has 3 N–H and O–H groups in total. The van der Waals surface area contributed by atoms with Gasteiger partial charge in [0.1, 0.15) is 0 Å². The highest BCUT2D eigenvalue weighted by atomic mass is 127. The lowest BCUT2D eigenvalue weighted by Crippen LogP contribution is -2.52. The number of rotatable bonds is 8. The van der Waals surface area contributed by atoms with Crippen LogP contribution in [0.4, 0.5) is 0 Å². The Hall–Kier alpha value is -0.120. The van der Waals surface area contributed by atoms with Crippen molar-refractivity contribution in [3.63, 3.8) is 0 Å². The molecule has 0 aromatic rings. The lowest BCUT2D eigenvalue weighted by Gasteiger charge is -2.39. The minimum Gasteiger partial charge on any atom is -0.396 e. The number of likely N-dealkylation sites (tertiary alicyclic amines) is 1. The van der Waals surface area contributed by atoms with Crippen molar-refractivity contribution in [3.05, 3.63) is 0 Å². The molecule has 0 bridgehead atoms. The maximum atomic E-state index is 9.38. The first kappa shape index (κ1) is 24.9. The Kier molecular flexibility index (Phi) is 11.5. The largest absolute Gasteiger partial charge is 0.396 e. The second kappa shape index (κ2) is 12.4. The molecule has 7 heteroatoms. The third-order valence-electron chi connectivity index (χ3n) is 6.22. The van der Waals surface area contributed by atoms with Crippen LogP contribution in [0.15, 0.2) is 4.99 Å². The van der Waals surface area contributed by atoms with E-state index >= 15 is 0 Å². The molecule has 27 heavy (non-hydrogen) atoms. The highest BCUT2D eigenvalue weighted by Gasteiger charge is 2.34. The fraction of sp³-hybridized carbons (Fsp3) is 0.950. The Morgan fingerprint density at radius 2 is 2.00 bits per heavy atom. The van der Waals surface area contributed by atoms with E-state index in [1.54, 1.807) is 0 Å². The molecule has 0 aliphatic carbocycles. The summed E-state index contributed by atoms with van der Waals surface area (Å²) in [6.07, 6.45) is 4.38. The number of halogens is 1. The van der Waals surface area contributed by atoms with Crippen molar-refractivity contribution in [2.45, 2.75) is 52.5 Å².